The average Bonchev–Trinajstić information content (AvgIpc) is 3.57. The fourth-order valence-electron chi connectivity index (χ4n) is 4.81. The minimum atomic E-state index is -1.23. The first kappa shape index (κ1) is 22.4. The Hall–Kier alpha value is -4.41. The van der Waals surface area contributed by atoms with Gasteiger partial charge in [0.25, 0.3) is 5.91 Å². The Morgan fingerprint density at radius 3 is 2.46 bits per heavy atom. The molecule has 1 amide bonds. The van der Waals surface area contributed by atoms with Crippen molar-refractivity contribution < 1.29 is 38.4 Å². The number of nitrogens with zero attached hydrogens (tertiary/aromatic N) is 1. The van der Waals surface area contributed by atoms with E-state index in [1.165, 1.54) is 39.4 Å². The molecule has 2 aliphatic rings. The Kier molecular flexibility index (Phi) is 5.19. The van der Waals surface area contributed by atoms with Crippen LogP contribution in [-0.4, -0.2) is 68.8 Å². The van der Waals surface area contributed by atoms with Crippen LogP contribution in [0.2, 0.25) is 0 Å². The molecule has 0 spiro atoms. The largest absolute Gasteiger partial charge is 0.506 e. The van der Waals surface area contributed by atoms with Crippen molar-refractivity contribution in [2.45, 2.75) is 12.5 Å². The Morgan fingerprint density at radius 2 is 1.80 bits per heavy atom. The van der Waals surface area contributed by atoms with Gasteiger partial charge in [0.1, 0.15) is 11.4 Å². The number of aromatic amines is 1. The number of benzene rings is 2. The summed E-state index contributed by atoms with van der Waals surface area (Å²) in [5, 5.41) is 14.0. The maximum absolute atomic E-state index is 13.5. The molecule has 11 nitrogen and oxygen atoms in total. The number of carbonyl (C=O) groups excluding carboxylic acids is 3. The van der Waals surface area contributed by atoms with E-state index < -0.39 is 17.8 Å². The number of hydrogen-bond acceptors (Lipinski definition) is 9. The van der Waals surface area contributed by atoms with Gasteiger partial charge in [0.05, 0.1) is 50.9 Å². The van der Waals surface area contributed by atoms with Crippen LogP contribution in [0, 0.1) is 0 Å². The molecular formula is C24H23N3O8. The zero-order valence-corrected chi connectivity index (χ0v) is 19.5. The Balaban J connectivity index is 1.56. The van der Waals surface area contributed by atoms with Crippen molar-refractivity contribution in [3.05, 3.63) is 35.0 Å². The van der Waals surface area contributed by atoms with E-state index in [9.17, 15) is 19.5 Å². The van der Waals surface area contributed by atoms with Crippen LogP contribution < -0.4 is 24.4 Å². The second-order valence-electron chi connectivity index (χ2n) is 8.11. The van der Waals surface area contributed by atoms with Crippen LogP contribution in [0.3, 0.4) is 0 Å². The summed E-state index contributed by atoms with van der Waals surface area (Å²) in [5.41, 5.74) is 2.22. The first-order valence-corrected chi connectivity index (χ1v) is 10.8. The van der Waals surface area contributed by atoms with Crippen molar-refractivity contribution in [2.24, 2.45) is 0 Å². The number of aromatic hydroxyl groups is 1. The number of Topliss-reactive ketones (excluding diaryl/α,β-unsaturated/α-hetero) is 1. The number of anilines is 2. The highest BCUT2D eigenvalue weighted by Gasteiger charge is 2.43. The average molecular weight is 481 g/mol. The Morgan fingerprint density at radius 1 is 1.06 bits per heavy atom. The molecule has 35 heavy (non-hydrogen) atoms. The molecule has 11 heteroatoms. The summed E-state index contributed by atoms with van der Waals surface area (Å²) in [4.78, 5) is 43.1. The van der Waals surface area contributed by atoms with E-state index in [0.717, 1.165) is 0 Å². The van der Waals surface area contributed by atoms with E-state index in [1.807, 2.05) is 0 Å². The molecule has 0 radical (unpaired) electrons. The van der Waals surface area contributed by atoms with Crippen molar-refractivity contribution in [1.29, 1.82) is 0 Å². The van der Waals surface area contributed by atoms with Gasteiger partial charge < -0.3 is 39.3 Å². The molecule has 2 aliphatic heterocycles. The van der Waals surface area contributed by atoms with Crippen molar-refractivity contribution in [3.63, 3.8) is 0 Å². The van der Waals surface area contributed by atoms with Crippen molar-refractivity contribution >= 4 is 39.9 Å². The van der Waals surface area contributed by atoms with Gasteiger partial charge in [-0.25, -0.2) is 4.79 Å². The normalized spacial score (nSPS) is 16.1. The topological polar surface area (TPSA) is 139 Å². The molecule has 1 atom stereocenters. The Bertz CT molecular complexity index is 1410. The standard InChI is InChI=1S/C24H23N3O8/c1-32-15-8-10-7-12(25-17(10)22(34-3)21(15)33-2)23(30)27-6-5-11-13(27)9-14(28)18-16(11)20(29)19(26-18)24(31)35-4/h7-9,19,25-26,28H,5-6H2,1-4H3. The number of hydrogen-bond donors (Lipinski definition) is 3. The number of fused-ring (bicyclic) bond motifs is 4. The van der Waals surface area contributed by atoms with Gasteiger partial charge in [0.2, 0.25) is 5.75 Å². The molecule has 5 rings (SSSR count). The summed E-state index contributed by atoms with van der Waals surface area (Å²) in [6.07, 6.45) is 0.385. The fraction of sp³-hybridized carbons (Fsp3) is 0.292. The summed E-state index contributed by atoms with van der Waals surface area (Å²) in [6.45, 7) is 0.291. The maximum Gasteiger partial charge on any atom is 0.336 e. The predicted molar refractivity (Wildman–Crippen MR) is 125 cm³/mol. The predicted octanol–water partition coefficient (Wildman–Crippen LogP) is 2.25. The van der Waals surface area contributed by atoms with Crippen molar-refractivity contribution in [1.82, 2.24) is 4.98 Å². The van der Waals surface area contributed by atoms with Gasteiger partial charge in [0, 0.05) is 18.0 Å². The third-order valence-corrected chi connectivity index (χ3v) is 6.40. The number of esters is 1. The van der Waals surface area contributed by atoms with Crippen LogP contribution in [0.15, 0.2) is 18.2 Å². The third-order valence-electron chi connectivity index (χ3n) is 6.40. The lowest BCUT2D eigenvalue weighted by atomic mass is 9.99. The second kappa shape index (κ2) is 8.12. The van der Waals surface area contributed by atoms with E-state index in [4.69, 9.17) is 18.9 Å². The van der Waals surface area contributed by atoms with Crippen LogP contribution in [-0.2, 0) is 16.0 Å². The number of nitrogens with one attached hydrogen (secondary N) is 2. The molecule has 1 aromatic heterocycles. The number of phenolic OH excluding ortho intramolecular Hbond substituents is 1. The summed E-state index contributed by atoms with van der Waals surface area (Å²) < 4.78 is 21.0. The molecule has 2 aromatic carbocycles. The molecule has 0 saturated heterocycles. The maximum atomic E-state index is 13.5. The van der Waals surface area contributed by atoms with Crippen LogP contribution in [0.1, 0.15) is 26.4 Å². The van der Waals surface area contributed by atoms with Crippen molar-refractivity contribution in [3.8, 4) is 23.0 Å². The van der Waals surface area contributed by atoms with Gasteiger partial charge >= 0.3 is 5.97 Å². The lowest BCUT2D eigenvalue weighted by Crippen LogP contribution is -2.33. The molecule has 0 aliphatic carbocycles. The molecule has 1 unspecified atom stereocenters. The van der Waals surface area contributed by atoms with Gasteiger partial charge in [-0.15, -0.1) is 0 Å². The molecule has 182 valence electrons. The lowest BCUT2D eigenvalue weighted by molar-refractivity contribution is -0.140. The molecule has 3 N–H and O–H groups in total. The Labute approximate surface area is 199 Å². The number of ether oxygens (including phenoxy) is 4. The number of methoxy groups -OCH3 is 4. The van der Waals surface area contributed by atoms with E-state index in [1.54, 1.807) is 12.1 Å². The third kappa shape index (κ3) is 3.15. The molecule has 0 fully saturated rings. The minimum Gasteiger partial charge on any atom is -0.506 e. The van der Waals surface area contributed by atoms with Gasteiger partial charge in [-0.2, -0.15) is 0 Å². The first-order chi connectivity index (χ1) is 16.8. The zero-order valence-electron chi connectivity index (χ0n) is 19.5. The number of ketones is 1. The number of amides is 1. The number of aromatic nitrogens is 1. The lowest BCUT2D eigenvalue weighted by Gasteiger charge is -2.17. The van der Waals surface area contributed by atoms with Gasteiger partial charge in [-0.05, 0) is 24.1 Å². The number of H-pyrrole nitrogens is 1. The van der Waals surface area contributed by atoms with Crippen LogP contribution in [0.5, 0.6) is 23.0 Å². The number of carbonyl (C=O) groups is 3. The molecule has 0 bridgehead atoms. The van der Waals surface area contributed by atoms with Gasteiger partial charge in [-0.1, -0.05) is 0 Å². The first-order valence-electron chi connectivity index (χ1n) is 10.8. The summed E-state index contributed by atoms with van der Waals surface area (Å²) in [7, 11) is 5.68. The molecular weight excluding hydrogens is 458 g/mol. The SMILES string of the molecule is COC(=O)C1Nc2c(O)cc3c(c2C1=O)CCN3C(=O)c1cc2cc(OC)c(OC)c(OC)c2[nH]1. The summed E-state index contributed by atoms with van der Waals surface area (Å²) in [5.74, 6) is -0.600. The highest BCUT2D eigenvalue weighted by molar-refractivity contribution is 6.23. The van der Waals surface area contributed by atoms with E-state index >= 15 is 0 Å². The summed E-state index contributed by atoms with van der Waals surface area (Å²) in [6, 6.07) is 3.60. The summed E-state index contributed by atoms with van der Waals surface area (Å²) >= 11 is 0. The quantitative estimate of drug-likeness (QED) is 0.284. The molecule has 3 aromatic rings. The fourth-order valence-corrected chi connectivity index (χ4v) is 4.81. The zero-order chi connectivity index (χ0) is 25.0. The smallest absolute Gasteiger partial charge is 0.336 e. The van der Waals surface area contributed by atoms with Crippen LogP contribution >= 0.6 is 0 Å². The van der Waals surface area contributed by atoms with E-state index in [2.05, 4.69) is 10.3 Å². The second-order valence-corrected chi connectivity index (χ2v) is 8.11. The van der Waals surface area contributed by atoms with Crippen LogP contribution in [0.25, 0.3) is 10.9 Å². The number of rotatable bonds is 5. The highest BCUT2D eigenvalue weighted by atomic mass is 16.5. The van der Waals surface area contributed by atoms with Gasteiger partial charge in [0.15, 0.2) is 23.3 Å². The number of phenols is 1. The van der Waals surface area contributed by atoms with Crippen LogP contribution in [0.4, 0.5) is 11.4 Å². The van der Waals surface area contributed by atoms with Crippen molar-refractivity contribution in [2.75, 3.05) is 45.2 Å². The molecule has 3 heterocycles. The highest BCUT2D eigenvalue weighted by Crippen LogP contribution is 2.46. The molecule has 0 saturated carbocycles. The van der Waals surface area contributed by atoms with E-state index in [-0.39, 0.29) is 28.6 Å². The minimum absolute atomic E-state index is 0.174. The van der Waals surface area contributed by atoms with E-state index in [0.29, 0.717) is 52.4 Å². The monoisotopic (exact) mass is 481 g/mol. The van der Waals surface area contributed by atoms with Gasteiger partial charge in [-0.3, -0.25) is 9.59 Å².